The highest BCUT2D eigenvalue weighted by Crippen LogP contribution is 2.39. The molecule has 0 aliphatic heterocycles. The highest BCUT2D eigenvalue weighted by Gasteiger charge is 2.35. The molecule has 0 saturated heterocycles. The van der Waals surface area contributed by atoms with Crippen LogP contribution in [0.3, 0.4) is 0 Å². The van der Waals surface area contributed by atoms with Crippen molar-refractivity contribution in [1.29, 1.82) is 0 Å². The molecule has 0 amide bonds. The number of aliphatic hydroxyl groups excluding tert-OH is 1. The van der Waals surface area contributed by atoms with Crippen LogP contribution in [0.4, 0.5) is 0 Å². The minimum absolute atomic E-state index is 0.0783. The second-order valence-corrected chi connectivity index (χ2v) is 7.59. The predicted molar refractivity (Wildman–Crippen MR) is 95.2 cm³/mol. The van der Waals surface area contributed by atoms with Crippen LogP contribution in [0, 0.1) is 0 Å². The van der Waals surface area contributed by atoms with Gasteiger partial charge in [-0.3, -0.25) is 0 Å². The zero-order valence-corrected chi connectivity index (χ0v) is 14.2. The van der Waals surface area contributed by atoms with E-state index in [4.69, 9.17) is 10.5 Å². The van der Waals surface area contributed by atoms with Crippen molar-refractivity contribution in [3.63, 3.8) is 0 Å². The van der Waals surface area contributed by atoms with Gasteiger partial charge in [0.1, 0.15) is 5.75 Å². The summed E-state index contributed by atoms with van der Waals surface area (Å²) < 4.78 is 5.82. The number of ether oxygens (including phenoxy) is 1. The number of hydrogen-bond donors (Lipinski definition) is 2. The summed E-state index contributed by atoms with van der Waals surface area (Å²) in [6.07, 6.45) is 4.94. The van der Waals surface area contributed by atoms with Crippen LogP contribution in [0.1, 0.15) is 42.0 Å². The Bertz CT molecular complexity index is 596. The van der Waals surface area contributed by atoms with Crippen LogP contribution in [-0.2, 0) is 6.42 Å². The number of aliphatic hydroxyl groups is 1. The van der Waals surface area contributed by atoms with Crippen LogP contribution < -0.4 is 10.5 Å². The van der Waals surface area contributed by atoms with E-state index in [1.807, 2.05) is 0 Å². The third-order valence-electron chi connectivity index (χ3n) is 4.73. The zero-order chi connectivity index (χ0) is 16.1. The average Bonchev–Trinajstić information content (AvgIpc) is 3.23. The maximum Gasteiger partial charge on any atom is 0.119 e. The lowest BCUT2D eigenvalue weighted by molar-refractivity contribution is 0.198. The van der Waals surface area contributed by atoms with Gasteiger partial charge in [0.25, 0.3) is 0 Å². The number of hydrogen-bond acceptors (Lipinski definition) is 4. The summed E-state index contributed by atoms with van der Waals surface area (Å²) in [4.78, 5) is 1.42. The molecule has 3 rings (SSSR count). The molecule has 4 heteroatoms. The molecule has 1 fully saturated rings. The maximum atomic E-state index is 9.38. The van der Waals surface area contributed by atoms with Crippen molar-refractivity contribution in [3.05, 3.63) is 52.2 Å². The monoisotopic (exact) mass is 331 g/mol. The molecule has 0 bridgehead atoms. The van der Waals surface area contributed by atoms with Crippen LogP contribution in [0.25, 0.3) is 0 Å². The van der Waals surface area contributed by atoms with E-state index >= 15 is 0 Å². The van der Waals surface area contributed by atoms with E-state index in [0.29, 0.717) is 5.92 Å². The molecule has 2 atom stereocenters. The second kappa shape index (κ2) is 7.47. The predicted octanol–water partition coefficient (Wildman–Crippen LogP) is 3.72. The van der Waals surface area contributed by atoms with Gasteiger partial charge in [0.15, 0.2) is 0 Å². The molecule has 3 N–H and O–H groups in total. The summed E-state index contributed by atoms with van der Waals surface area (Å²) in [5.41, 5.74) is 7.08. The summed E-state index contributed by atoms with van der Waals surface area (Å²) in [5.74, 6) is 1.39. The fourth-order valence-electron chi connectivity index (χ4n) is 3.31. The average molecular weight is 331 g/mol. The molecule has 124 valence electrons. The molecule has 2 aromatic rings. The van der Waals surface area contributed by atoms with Gasteiger partial charge in [-0.15, -0.1) is 11.3 Å². The van der Waals surface area contributed by atoms with Crippen molar-refractivity contribution in [2.45, 2.75) is 43.6 Å². The van der Waals surface area contributed by atoms with Crippen molar-refractivity contribution in [1.82, 2.24) is 0 Å². The van der Waals surface area contributed by atoms with Crippen molar-refractivity contribution in [2.75, 3.05) is 13.2 Å². The van der Waals surface area contributed by atoms with Gasteiger partial charge in [0.05, 0.1) is 13.2 Å². The third kappa shape index (κ3) is 4.34. The van der Waals surface area contributed by atoms with Crippen molar-refractivity contribution in [3.8, 4) is 5.75 Å². The summed E-state index contributed by atoms with van der Waals surface area (Å²) in [5, 5.41) is 11.5. The molecular formula is C19H25NO2S. The van der Waals surface area contributed by atoms with Gasteiger partial charge in [-0.2, -0.15) is 0 Å². The molecule has 0 radical (unpaired) electrons. The Morgan fingerprint density at radius 2 is 2.09 bits per heavy atom. The van der Waals surface area contributed by atoms with Gasteiger partial charge in [0.2, 0.25) is 0 Å². The molecule has 1 aliphatic carbocycles. The van der Waals surface area contributed by atoms with Gasteiger partial charge in [0, 0.05) is 10.4 Å². The lowest BCUT2D eigenvalue weighted by atomic mass is 9.94. The van der Waals surface area contributed by atoms with Gasteiger partial charge >= 0.3 is 0 Å². The standard InChI is InChI=1S/C19H25NO2S/c20-19(14-21)10-9-16(13-19)15-5-7-17(8-6-15)22-11-1-3-18-4-2-12-23-18/h2,4-8,12,16,21H,1,3,9-11,13-14,20H2. The molecule has 1 saturated carbocycles. The number of benzene rings is 1. The van der Waals surface area contributed by atoms with Crippen LogP contribution in [0.5, 0.6) is 5.75 Å². The Morgan fingerprint density at radius 3 is 2.74 bits per heavy atom. The first-order chi connectivity index (χ1) is 11.2. The summed E-state index contributed by atoms with van der Waals surface area (Å²) in [6.45, 7) is 0.825. The van der Waals surface area contributed by atoms with E-state index in [9.17, 15) is 5.11 Å². The number of rotatable bonds is 7. The van der Waals surface area contributed by atoms with E-state index in [2.05, 4.69) is 41.8 Å². The second-order valence-electron chi connectivity index (χ2n) is 6.56. The summed E-state index contributed by atoms with van der Waals surface area (Å²) in [6, 6.07) is 12.6. The molecule has 1 heterocycles. The van der Waals surface area contributed by atoms with E-state index in [0.717, 1.165) is 44.5 Å². The molecule has 1 aliphatic rings. The van der Waals surface area contributed by atoms with Crippen LogP contribution in [-0.4, -0.2) is 23.9 Å². The quantitative estimate of drug-likeness (QED) is 0.760. The topological polar surface area (TPSA) is 55.5 Å². The number of aryl methyl sites for hydroxylation is 1. The largest absolute Gasteiger partial charge is 0.494 e. The Kier molecular flexibility index (Phi) is 5.36. The van der Waals surface area contributed by atoms with E-state index < -0.39 is 0 Å². The van der Waals surface area contributed by atoms with Crippen molar-refractivity contribution >= 4 is 11.3 Å². The van der Waals surface area contributed by atoms with E-state index in [-0.39, 0.29) is 12.1 Å². The molecule has 23 heavy (non-hydrogen) atoms. The molecule has 3 nitrogen and oxygen atoms in total. The summed E-state index contributed by atoms with van der Waals surface area (Å²) >= 11 is 1.80. The normalized spacial score (nSPS) is 24.0. The van der Waals surface area contributed by atoms with E-state index in [1.54, 1.807) is 11.3 Å². The highest BCUT2D eigenvalue weighted by atomic mass is 32.1. The Morgan fingerprint density at radius 1 is 1.26 bits per heavy atom. The van der Waals surface area contributed by atoms with Crippen LogP contribution >= 0.6 is 11.3 Å². The highest BCUT2D eigenvalue weighted by molar-refractivity contribution is 7.09. The first-order valence-electron chi connectivity index (χ1n) is 8.33. The first-order valence-corrected chi connectivity index (χ1v) is 9.21. The number of thiophene rings is 1. The molecule has 0 spiro atoms. The van der Waals surface area contributed by atoms with Crippen LogP contribution in [0.15, 0.2) is 41.8 Å². The fourth-order valence-corrected chi connectivity index (χ4v) is 4.06. The third-order valence-corrected chi connectivity index (χ3v) is 5.66. The van der Waals surface area contributed by atoms with Crippen molar-refractivity contribution < 1.29 is 9.84 Å². The van der Waals surface area contributed by atoms with Gasteiger partial charge in [-0.25, -0.2) is 0 Å². The lowest BCUT2D eigenvalue weighted by Gasteiger charge is -2.21. The maximum absolute atomic E-state index is 9.38. The lowest BCUT2D eigenvalue weighted by Crippen LogP contribution is -2.40. The number of nitrogens with two attached hydrogens (primary N) is 1. The SMILES string of the molecule is NC1(CO)CCC(c2ccc(OCCCc3cccs3)cc2)C1. The molecular weight excluding hydrogens is 306 g/mol. The molecule has 2 unspecified atom stereocenters. The van der Waals surface area contributed by atoms with Gasteiger partial charge < -0.3 is 15.6 Å². The fraction of sp³-hybridized carbons (Fsp3) is 0.474. The Labute approximate surface area is 142 Å². The van der Waals surface area contributed by atoms with Crippen molar-refractivity contribution in [2.24, 2.45) is 5.73 Å². The smallest absolute Gasteiger partial charge is 0.119 e. The van der Waals surface area contributed by atoms with Gasteiger partial charge in [-0.05, 0) is 67.2 Å². The minimum atomic E-state index is -0.387. The van der Waals surface area contributed by atoms with Gasteiger partial charge in [-0.1, -0.05) is 18.2 Å². The van der Waals surface area contributed by atoms with E-state index in [1.165, 1.54) is 10.4 Å². The first kappa shape index (κ1) is 16.5. The minimum Gasteiger partial charge on any atom is -0.494 e. The molecule has 1 aromatic heterocycles. The zero-order valence-electron chi connectivity index (χ0n) is 13.4. The Balaban J connectivity index is 1.46. The Hall–Kier alpha value is -1.36. The molecule has 1 aromatic carbocycles. The van der Waals surface area contributed by atoms with Crippen LogP contribution in [0.2, 0.25) is 0 Å². The summed E-state index contributed by atoms with van der Waals surface area (Å²) in [7, 11) is 0.